The first kappa shape index (κ1) is 28.8. The van der Waals surface area contributed by atoms with Crippen LogP contribution in [0.5, 0.6) is 0 Å². The van der Waals surface area contributed by atoms with Gasteiger partial charge in [0.15, 0.2) is 0 Å². The molecule has 0 unspecified atom stereocenters. The Hall–Kier alpha value is -7.39. The number of para-hydroxylation sites is 2. The normalized spacial score (nSPS) is 11.1. The van der Waals surface area contributed by atoms with Gasteiger partial charge in [-0.15, -0.1) is 0 Å². The maximum absolute atomic E-state index is 9.74. The lowest BCUT2D eigenvalue weighted by molar-refractivity contribution is 1.17. The van der Waals surface area contributed by atoms with E-state index in [9.17, 15) is 15.8 Å². The summed E-state index contributed by atoms with van der Waals surface area (Å²) in [6.45, 7) is 0. The highest BCUT2D eigenvalue weighted by molar-refractivity contribution is 6.11. The SMILES string of the molecule is N#Cc1cccc(-c2cc(-c3cccc(-n4c5ccccc5c5ccccc54)c3)cc(-n3c4ccc(C#N)cc4c4cc(C#N)ccc43)c2)c1. The molecule has 9 aromatic rings. The number of fused-ring (bicyclic) bond motifs is 6. The Kier molecular flexibility index (Phi) is 6.56. The average molecular weight is 636 g/mol. The van der Waals surface area contributed by atoms with Gasteiger partial charge in [0.05, 0.1) is 57.0 Å². The van der Waals surface area contributed by atoms with E-state index in [1.54, 1.807) is 0 Å². The number of hydrogen-bond acceptors (Lipinski definition) is 3. The van der Waals surface area contributed by atoms with E-state index in [-0.39, 0.29) is 0 Å². The third kappa shape index (κ3) is 4.53. The second-order valence-electron chi connectivity index (χ2n) is 12.4. The predicted molar refractivity (Wildman–Crippen MR) is 200 cm³/mol. The van der Waals surface area contributed by atoms with Gasteiger partial charge in [0.2, 0.25) is 0 Å². The van der Waals surface area contributed by atoms with Crippen LogP contribution in [0.3, 0.4) is 0 Å². The van der Waals surface area contributed by atoms with Crippen molar-refractivity contribution in [3.8, 4) is 51.8 Å². The van der Waals surface area contributed by atoms with Gasteiger partial charge in [0, 0.05) is 32.9 Å². The Labute approximate surface area is 287 Å². The fourth-order valence-corrected chi connectivity index (χ4v) is 7.31. The topological polar surface area (TPSA) is 81.2 Å². The van der Waals surface area contributed by atoms with Crippen molar-refractivity contribution < 1.29 is 0 Å². The largest absolute Gasteiger partial charge is 0.309 e. The molecular weight excluding hydrogens is 611 g/mol. The minimum absolute atomic E-state index is 0.559. The minimum atomic E-state index is 0.559. The molecular formula is C45H25N5. The first-order chi connectivity index (χ1) is 24.6. The number of nitriles is 3. The van der Waals surface area contributed by atoms with Gasteiger partial charge in [-0.05, 0) is 113 Å². The molecule has 2 aromatic heterocycles. The monoisotopic (exact) mass is 635 g/mol. The van der Waals surface area contributed by atoms with Gasteiger partial charge >= 0.3 is 0 Å². The number of benzene rings is 7. The molecule has 5 nitrogen and oxygen atoms in total. The summed E-state index contributed by atoms with van der Waals surface area (Å²) in [4.78, 5) is 0. The molecule has 0 amide bonds. The van der Waals surface area contributed by atoms with Gasteiger partial charge < -0.3 is 9.13 Å². The van der Waals surface area contributed by atoms with E-state index >= 15 is 0 Å². The Morgan fingerprint density at radius 1 is 0.320 bits per heavy atom. The fourth-order valence-electron chi connectivity index (χ4n) is 7.31. The molecule has 0 bridgehead atoms. The molecule has 0 N–H and O–H groups in total. The van der Waals surface area contributed by atoms with Crippen LogP contribution in [0.2, 0.25) is 0 Å². The Morgan fingerprint density at radius 2 is 0.780 bits per heavy atom. The zero-order valence-corrected chi connectivity index (χ0v) is 26.7. The lowest BCUT2D eigenvalue weighted by atomic mass is 9.96. The average Bonchev–Trinajstić information content (AvgIpc) is 3.70. The second kappa shape index (κ2) is 11.4. The zero-order chi connectivity index (χ0) is 33.8. The molecule has 2 heterocycles. The van der Waals surface area contributed by atoms with Crippen molar-refractivity contribution in [2.24, 2.45) is 0 Å². The van der Waals surface area contributed by atoms with Crippen LogP contribution in [0, 0.1) is 34.0 Å². The van der Waals surface area contributed by atoms with Gasteiger partial charge in [-0.3, -0.25) is 0 Å². The van der Waals surface area contributed by atoms with Crippen LogP contribution in [0.25, 0.3) is 77.2 Å². The van der Waals surface area contributed by atoms with Crippen molar-refractivity contribution in [2.45, 2.75) is 0 Å². The molecule has 230 valence electrons. The van der Waals surface area contributed by atoms with Crippen LogP contribution in [-0.4, -0.2) is 9.13 Å². The molecule has 0 aliphatic heterocycles. The van der Waals surface area contributed by atoms with Gasteiger partial charge in [-0.25, -0.2) is 0 Å². The van der Waals surface area contributed by atoms with Crippen LogP contribution in [-0.2, 0) is 0 Å². The van der Waals surface area contributed by atoms with Gasteiger partial charge in [-0.1, -0.05) is 60.7 Å². The van der Waals surface area contributed by atoms with Crippen LogP contribution in [0.4, 0.5) is 0 Å². The molecule has 0 radical (unpaired) electrons. The smallest absolute Gasteiger partial charge is 0.0991 e. The molecule has 9 rings (SSSR count). The Morgan fingerprint density at radius 3 is 1.36 bits per heavy atom. The quantitative estimate of drug-likeness (QED) is 0.193. The van der Waals surface area contributed by atoms with Crippen molar-refractivity contribution in [1.29, 1.82) is 15.8 Å². The molecule has 0 atom stereocenters. The van der Waals surface area contributed by atoms with Crippen molar-refractivity contribution >= 4 is 43.6 Å². The molecule has 0 saturated carbocycles. The second-order valence-corrected chi connectivity index (χ2v) is 12.4. The zero-order valence-electron chi connectivity index (χ0n) is 26.7. The van der Waals surface area contributed by atoms with Crippen molar-refractivity contribution in [3.63, 3.8) is 0 Å². The molecule has 0 spiro atoms. The van der Waals surface area contributed by atoms with E-state index < -0.39 is 0 Å². The van der Waals surface area contributed by atoms with Crippen molar-refractivity contribution in [2.75, 3.05) is 0 Å². The molecule has 7 aromatic carbocycles. The Balaban J connectivity index is 1.32. The minimum Gasteiger partial charge on any atom is -0.309 e. The third-order valence-electron chi connectivity index (χ3n) is 9.54. The highest BCUT2D eigenvalue weighted by Gasteiger charge is 2.17. The molecule has 0 fully saturated rings. The van der Waals surface area contributed by atoms with Crippen molar-refractivity contribution in [1.82, 2.24) is 9.13 Å². The summed E-state index contributed by atoms with van der Waals surface area (Å²) in [5.41, 5.74) is 11.8. The van der Waals surface area contributed by atoms with E-state index in [0.29, 0.717) is 16.7 Å². The van der Waals surface area contributed by atoms with E-state index in [2.05, 4.69) is 118 Å². The van der Waals surface area contributed by atoms with E-state index in [4.69, 9.17) is 0 Å². The third-order valence-corrected chi connectivity index (χ3v) is 9.54. The van der Waals surface area contributed by atoms with Crippen molar-refractivity contribution in [3.05, 3.63) is 168 Å². The summed E-state index contributed by atoms with van der Waals surface area (Å²) in [5, 5.41) is 33.4. The Bertz CT molecular complexity index is 2850. The standard InChI is InChI=1S/C45H25N5/c46-26-29-7-5-8-32(19-29)34-22-35(33-9-6-10-36(23-33)49-42-13-3-1-11-38(42)39-12-2-4-14-43(39)49)25-37(24-34)50-44-17-15-30(27-47)20-40(44)41-21-31(28-48)16-18-45(41)50/h1-25H. The summed E-state index contributed by atoms with van der Waals surface area (Å²) >= 11 is 0. The van der Waals surface area contributed by atoms with Gasteiger partial charge in [-0.2, -0.15) is 15.8 Å². The summed E-state index contributed by atoms with van der Waals surface area (Å²) in [6, 6.07) is 58.1. The van der Waals surface area contributed by atoms with Crippen LogP contribution in [0.1, 0.15) is 16.7 Å². The predicted octanol–water partition coefficient (Wildman–Crippen LogP) is 10.8. The number of rotatable bonds is 4. The summed E-state index contributed by atoms with van der Waals surface area (Å²) in [5.74, 6) is 0. The van der Waals surface area contributed by atoms with E-state index in [1.165, 1.54) is 10.8 Å². The fraction of sp³-hybridized carbons (Fsp3) is 0. The molecule has 0 saturated heterocycles. The molecule has 50 heavy (non-hydrogen) atoms. The molecule has 5 heteroatoms. The maximum atomic E-state index is 9.74. The van der Waals surface area contributed by atoms with Crippen LogP contribution in [0.15, 0.2) is 152 Å². The highest BCUT2D eigenvalue weighted by Crippen LogP contribution is 2.38. The number of hydrogen-bond donors (Lipinski definition) is 0. The summed E-state index contributed by atoms with van der Waals surface area (Å²) in [6.07, 6.45) is 0. The lowest BCUT2D eigenvalue weighted by Crippen LogP contribution is -1.97. The first-order valence-corrected chi connectivity index (χ1v) is 16.3. The van der Waals surface area contributed by atoms with Gasteiger partial charge in [0.25, 0.3) is 0 Å². The summed E-state index contributed by atoms with van der Waals surface area (Å²) in [7, 11) is 0. The van der Waals surface area contributed by atoms with E-state index in [0.717, 1.165) is 66.5 Å². The van der Waals surface area contributed by atoms with Gasteiger partial charge in [0.1, 0.15) is 0 Å². The highest BCUT2D eigenvalue weighted by atomic mass is 15.0. The number of nitrogens with zero attached hydrogens (tertiary/aromatic N) is 5. The molecule has 0 aliphatic carbocycles. The first-order valence-electron chi connectivity index (χ1n) is 16.3. The maximum Gasteiger partial charge on any atom is 0.0991 e. The van der Waals surface area contributed by atoms with Crippen LogP contribution >= 0.6 is 0 Å². The lowest BCUT2D eigenvalue weighted by Gasteiger charge is -2.15. The molecule has 0 aliphatic rings. The number of aromatic nitrogens is 2. The van der Waals surface area contributed by atoms with E-state index in [1.807, 2.05) is 60.7 Å². The summed E-state index contributed by atoms with van der Waals surface area (Å²) < 4.78 is 4.52. The van der Waals surface area contributed by atoms with Crippen LogP contribution < -0.4 is 0 Å².